The number of aromatic nitrogens is 1. The van der Waals surface area contributed by atoms with Gasteiger partial charge in [0.25, 0.3) is 5.91 Å². The molecule has 0 radical (unpaired) electrons. The number of carboxylic acids is 1. The Morgan fingerprint density at radius 3 is 2.33 bits per heavy atom. The largest absolute Gasteiger partial charge is 0.481 e. The van der Waals surface area contributed by atoms with Crippen LogP contribution in [0.4, 0.5) is 0 Å². The van der Waals surface area contributed by atoms with Crippen molar-refractivity contribution in [3.05, 3.63) is 18.0 Å². The summed E-state index contributed by atoms with van der Waals surface area (Å²) in [6.07, 6.45) is 1.05. The van der Waals surface area contributed by atoms with Crippen LogP contribution >= 0.6 is 0 Å². The van der Waals surface area contributed by atoms with Crippen molar-refractivity contribution in [2.24, 2.45) is 7.05 Å². The Kier molecular flexibility index (Phi) is 5.13. The van der Waals surface area contributed by atoms with Crippen molar-refractivity contribution in [3.63, 3.8) is 0 Å². The van der Waals surface area contributed by atoms with Gasteiger partial charge in [-0.2, -0.15) is 0 Å². The van der Waals surface area contributed by atoms with E-state index in [4.69, 9.17) is 5.11 Å². The number of nitrogens with zero attached hydrogens (tertiary/aromatic N) is 3. The average Bonchev–Trinajstić information content (AvgIpc) is 2.77. The third-order valence-corrected chi connectivity index (χ3v) is 4.78. The molecule has 0 saturated carbocycles. The molecule has 0 saturated heterocycles. The van der Waals surface area contributed by atoms with Gasteiger partial charge in [-0.3, -0.25) is 9.59 Å². The van der Waals surface area contributed by atoms with Crippen LogP contribution in [0.2, 0.25) is 0 Å². The topological polar surface area (TPSA) is 99.9 Å². The first kappa shape index (κ1) is 17.2. The summed E-state index contributed by atoms with van der Waals surface area (Å²) in [6, 6.07) is 1.29. The van der Waals surface area contributed by atoms with E-state index >= 15 is 0 Å². The molecule has 0 aliphatic heterocycles. The van der Waals surface area contributed by atoms with Crippen molar-refractivity contribution in [3.8, 4) is 0 Å². The summed E-state index contributed by atoms with van der Waals surface area (Å²) in [5.41, 5.74) is 0.241. The van der Waals surface area contributed by atoms with Gasteiger partial charge in [0, 0.05) is 40.9 Å². The fourth-order valence-corrected chi connectivity index (χ4v) is 2.91. The van der Waals surface area contributed by atoms with Crippen LogP contribution in [0.1, 0.15) is 16.9 Å². The fourth-order valence-electron chi connectivity index (χ4n) is 1.67. The third-order valence-electron chi connectivity index (χ3n) is 2.95. The van der Waals surface area contributed by atoms with Crippen LogP contribution in [-0.4, -0.2) is 66.9 Å². The number of amides is 1. The molecule has 118 valence electrons. The predicted molar refractivity (Wildman–Crippen MR) is 75.5 cm³/mol. The van der Waals surface area contributed by atoms with Crippen molar-refractivity contribution >= 4 is 21.9 Å². The monoisotopic (exact) mass is 317 g/mol. The van der Waals surface area contributed by atoms with Gasteiger partial charge in [-0.1, -0.05) is 0 Å². The molecular formula is C12H19N3O5S. The Bertz CT molecular complexity index is 648. The molecule has 1 aromatic heterocycles. The van der Waals surface area contributed by atoms with Gasteiger partial charge in [0.05, 0.1) is 6.42 Å². The van der Waals surface area contributed by atoms with Crippen LogP contribution in [0, 0.1) is 0 Å². The Hall–Kier alpha value is -1.87. The number of sulfonamides is 1. The molecule has 1 rings (SSSR count). The zero-order valence-electron chi connectivity index (χ0n) is 12.4. The first-order valence-corrected chi connectivity index (χ1v) is 7.57. The average molecular weight is 317 g/mol. The van der Waals surface area contributed by atoms with E-state index in [0.29, 0.717) is 0 Å². The molecular weight excluding hydrogens is 298 g/mol. The molecule has 21 heavy (non-hydrogen) atoms. The molecule has 1 heterocycles. The van der Waals surface area contributed by atoms with E-state index in [1.165, 1.54) is 28.8 Å². The normalized spacial score (nSPS) is 11.7. The lowest BCUT2D eigenvalue weighted by Crippen LogP contribution is -2.29. The lowest BCUT2D eigenvalue weighted by molar-refractivity contribution is -0.137. The van der Waals surface area contributed by atoms with E-state index in [9.17, 15) is 18.0 Å². The van der Waals surface area contributed by atoms with Gasteiger partial charge in [-0.15, -0.1) is 0 Å². The molecule has 9 heteroatoms. The highest BCUT2D eigenvalue weighted by Crippen LogP contribution is 2.18. The second-order valence-electron chi connectivity index (χ2n) is 4.84. The number of hydrogen-bond acceptors (Lipinski definition) is 4. The van der Waals surface area contributed by atoms with E-state index in [-0.39, 0.29) is 29.5 Å². The van der Waals surface area contributed by atoms with Crippen molar-refractivity contribution in [1.29, 1.82) is 0 Å². The maximum absolute atomic E-state index is 12.3. The Labute approximate surface area is 123 Å². The molecule has 1 aromatic rings. The Balaban J connectivity index is 3.07. The predicted octanol–water partition coefficient (Wildman–Crippen LogP) is -0.178. The third kappa shape index (κ3) is 3.82. The maximum Gasteiger partial charge on any atom is 0.304 e. The first-order chi connectivity index (χ1) is 9.57. The van der Waals surface area contributed by atoms with E-state index < -0.39 is 16.0 Å². The highest BCUT2D eigenvalue weighted by molar-refractivity contribution is 7.89. The van der Waals surface area contributed by atoms with Crippen LogP contribution < -0.4 is 0 Å². The number of carbonyl (C=O) groups is 2. The summed E-state index contributed by atoms with van der Waals surface area (Å²) >= 11 is 0. The smallest absolute Gasteiger partial charge is 0.304 e. The summed E-state index contributed by atoms with van der Waals surface area (Å²) in [7, 11) is 2.21. The van der Waals surface area contributed by atoms with Gasteiger partial charge >= 0.3 is 5.97 Å². The number of aliphatic carboxylic acids is 1. The highest BCUT2D eigenvalue weighted by Gasteiger charge is 2.25. The molecule has 0 aliphatic carbocycles. The molecule has 0 atom stereocenters. The summed E-state index contributed by atoms with van der Waals surface area (Å²) in [4.78, 5) is 23.7. The molecule has 0 bridgehead atoms. The number of aryl methyl sites for hydroxylation is 1. The van der Waals surface area contributed by atoms with Crippen molar-refractivity contribution < 1.29 is 23.1 Å². The summed E-state index contributed by atoms with van der Waals surface area (Å²) in [6.45, 7) is -0.135. The van der Waals surface area contributed by atoms with Crippen LogP contribution in [0.5, 0.6) is 0 Å². The van der Waals surface area contributed by atoms with Crippen LogP contribution in [0.25, 0.3) is 0 Å². The molecule has 1 amide bonds. The van der Waals surface area contributed by atoms with Crippen molar-refractivity contribution in [2.45, 2.75) is 11.3 Å². The summed E-state index contributed by atoms with van der Waals surface area (Å²) in [5.74, 6) is -1.39. The molecule has 0 fully saturated rings. The summed E-state index contributed by atoms with van der Waals surface area (Å²) < 4.78 is 27.0. The molecule has 0 unspecified atom stereocenters. The summed E-state index contributed by atoms with van der Waals surface area (Å²) in [5, 5.41) is 8.60. The lowest BCUT2D eigenvalue weighted by atomic mass is 10.4. The molecule has 0 spiro atoms. The second kappa shape index (κ2) is 6.27. The van der Waals surface area contributed by atoms with E-state index in [1.807, 2.05) is 0 Å². The van der Waals surface area contributed by atoms with Crippen LogP contribution in [0.15, 0.2) is 17.2 Å². The van der Waals surface area contributed by atoms with Gasteiger partial charge in [0.1, 0.15) is 10.6 Å². The van der Waals surface area contributed by atoms with Crippen LogP contribution in [0.3, 0.4) is 0 Å². The maximum atomic E-state index is 12.3. The minimum absolute atomic E-state index is 0.0388. The Morgan fingerprint density at radius 1 is 1.29 bits per heavy atom. The van der Waals surface area contributed by atoms with Gasteiger partial charge in [-0.05, 0) is 6.07 Å². The van der Waals surface area contributed by atoms with E-state index in [0.717, 1.165) is 4.31 Å². The minimum Gasteiger partial charge on any atom is -0.481 e. The highest BCUT2D eigenvalue weighted by atomic mass is 32.2. The number of hydrogen-bond donors (Lipinski definition) is 1. The number of rotatable bonds is 6. The van der Waals surface area contributed by atoms with Gasteiger partial charge in [0.15, 0.2) is 0 Å². The van der Waals surface area contributed by atoms with Crippen LogP contribution in [-0.2, 0) is 21.9 Å². The van der Waals surface area contributed by atoms with E-state index in [2.05, 4.69) is 0 Å². The molecule has 0 aromatic carbocycles. The zero-order valence-corrected chi connectivity index (χ0v) is 13.2. The number of carboxylic acid groups (broad SMARTS) is 1. The quantitative estimate of drug-likeness (QED) is 0.784. The number of carbonyl (C=O) groups excluding carboxylic acids is 1. The second-order valence-corrected chi connectivity index (χ2v) is 6.89. The lowest BCUT2D eigenvalue weighted by Gasteiger charge is -2.14. The van der Waals surface area contributed by atoms with Gasteiger partial charge < -0.3 is 14.6 Å². The first-order valence-electron chi connectivity index (χ1n) is 6.13. The zero-order chi connectivity index (χ0) is 16.4. The molecule has 1 N–H and O–H groups in total. The van der Waals surface area contributed by atoms with Gasteiger partial charge in [-0.25, -0.2) is 12.7 Å². The fraction of sp³-hybridized carbons (Fsp3) is 0.500. The Morgan fingerprint density at radius 2 is 1.86 bits per heavy atom. The van der Waals surface area contributed by atoms with Gasteiger partial charge in [0.2, 0.25) is 10.0 Å². The molecule has 8 nitrogen and oxygen atoms in total. The minimum atomic E-state index is -3.82. The molecule has 0 aliphatic rings. The standard InChI is InChI=1S/C12H19N3O5S/c1-13(2)12(18)10-7-9(8-14(10)3)21(19,20)15(4)6-5-11(16)17/h7-8H,5-6H2,1-4H3,(H,16,17). The van der Waals surface area contributed by atoms with Crippen molar-refractivity contribution in [2.75, 3.05) is 27.7 Å². The van der Waals surface area contributed by atoms with E-state index in [1.54, 1.807) is 21.1 Å². The SMILES string of the molecule is CN(C)C(=O)c1cc(S(=O)(=O)N(C)CCC(=O)O)cn1C. The van der Waals surface area contributed by atoms with Crippen molar-refractivity contribution in [1.82, 2.24) is 13.8 Å².